The average Bonchev–Trinajstić information content (AvgIpc) is 2.60. The molecule has 7 heteroatoms. The molecule has 0 aliphatic rings. The van der Waals surface area contributed by atoms with E-state index in [9.17, 15) is 9.18 Å². The summed E-state index contributed by atoms with van der Waals surface area (Å²) in [7, 11) is 0. The Balaban J connectivity index is 1.82. The fourth-order valence-corrected chi connectivity index (χ4v) is 2.15. The first-order valence-electron chi connectivity index (χ1n) is 8.14. The Hall–Kier alpha value is -2.96. The number of hydrogen-bond acceptors (Lipinski definition) is 3. The van der Waals surface area contributed by atoms with Crippen LogP contribution in [0.1, 0.15) is 12.5 Å². The van der Waals surface area contributed by atoms with Gasteiger partial charge in [-0.2, -0.15) is 0 Å². The van der Waals surface area contributed by atoms with Crippen LogP contribution in [0.5, 0.6) is 0 Å². The molecule has 132 valence electrons. The zero-order valence-corrected chi connectivity index (χ0v) is 14.1. The van der Waals surface area contributed by atoms with Gasteiger partial charge in [-0.05, 0) is 43.2 Å². The molecule has 1 aromatic heterocycles. The third kappa shape index (κ3) is 6.99. The largest absolute Gasteiger partial charge is 0.357 e. The summed E-state index contributed by atoms with van der Waals surface area (Å²) < 4.78 is 13.2. The molecule has 0 aliphatic carbocycles. The maximum absolute atomic E-state index is 13.2. The molecule has 0 fully saturated rings. The SMILES string of the molecule is CCNC(=NCC(=O)Nc1cccnc1)NCCc1cccc(F)c1. The standard InChI is InChI=1S/C18H22FN5O/c1-2-21-18(22-10-8-14-5-3-6-15(19)11-14)23-13-17(25)24-16-7-4-9-20-12-16/h3-7,9,11-12H,2,8,10,13H2,1H3,(H,24,25)(H2,21,22,23). The van der Waals surface area contributed by atoms with Crippen LogP contribution in [0.25, 0.3) is 0 Å². The van der Waals surface area contributed by atoms with Crippen LogP contribution in [-0.4, -0.2) is 36.5 Å². The molecule has 0 atom stereocenters. The monoisotopic (exact) mass is 343 g/mol. The Bertz CT molecular complexity index is 706. The van der Waals surface area contributed by atoms with Crippen LogP contribution in [0.3, 0.4) is 0 Å². The fourth-order valence-electron chi connectivity index (χ4n) is 2.15. The van der Waals surface area contributed by atoms with Crippen LogP contribution in [-0.2, 0) is 11.2 Å². The molecule has 0 saturated heterocycles. The average molecular weight is 343 g/mol. The molecule has 0 unspecified atom stereocenters. The molecule has 2 aromatic rings. The lowest BCUT2D eigenvalue weighted by molar-refractivity contribution is -0.114. The smallest absolute Gasteiger partial charge is 0.246 e. The summed E-state index contributed by atoms with van der Waals surface area (Å²) in [4.78, 5) is 20.1. The first-order valence-corrected chi connectivity index (χ1v) is 8.14. The zero-order valence-electron chi connectivity index (χ0n) is 14.1. The number of guanidine groups is 1. The number of aliphatic imine (C=N–C) groups is 1. The summed E-state index contributed by atoms with van der Waals surface area (Å²) in [6.07, 6.45) is 3.87. The topological polar surface area (TPSA) is 78.4 Å². The van der Waals surface area contributed by atoms with Crippen molar-refractivity contribution >= 4 is 17.6 Å². The highest BCUT2D eigenvalue weighted by atomic mass is 19.1. The molecule has 1 amide bonds. The third-order valence-electron chi connectivity index (χ3n) is 3.27. The van der Waals surface area contributed by atoms with E-state index >= 15 is 0 Å². The van der Waals surface area contributed by atoms with Gasteiger partial charge in [0.1, 0.15) is 12.4 Å². The number of carbonyl (C=O) groups excluding carboxylic acids is 1. The van der Waals surface area contributed by atoms with Crippen molar-refractivity contribution in [1.29, 1.82) is 0 Å². The number of aromatic nitrogens is 1. The molecule has 6 nitrogen and oxygen atoms in total. The van der Waals surface area contributed by atoms with Gasteiger partial charge in [-0.15, -0.1) is 0 Å². The Morgan fingerprint density at radius 3 is 2.84 bits per heavy atom. The Kier molecular flexibility index (Phi) is 7.37. The van der Waals surface area contributed by atoms with Crippen molar-refractivity contribution in [3.05, 3.63) is 60.2 Å². The second-order valence-corrected chi connectivity index (χ2v) is 5.29. The lowest BCUT2D eigenvalue weighted by Gasteiger charge is -2.11. The molecule has 0 spiro atoms. The van der Waals surface area contributed by atoms with Crippen molar-refractivity contribution < 1.29 is 9.18 Å². The summed E-state index contributed by atoms with van der Waals surface area (Å²) in [5, 5.41) is 8.93. The molecular formula is C18H22FN5O. The fraction of sp³-hybridized carbons (Fsp3) is 0.278. The second-order valence-electron chi connectivity index (χ2n) is 5.29. The van der Waals surface area contributed by atoms with E-state index in [1.54, 1.807) is 30.6 Å². The number of hydrogen-bond donors (Lipinski definition) is 3. The Morgan fingerprint density at radius 2 is 2.12 bits per heavy atom. The predicted octanol–water partition coefficient (Wildman–Crippen LogP) is 1.96. The highest BCUT2D eigenvalue weighted by Crippen LogP contribution is 2.03. The maximum Gasteiger partial charge on any atom is 0.246 e. The van der Waals surface area contributed by atoms with E-state index in [1.807, 2.05) is 13.0 Å². The molecule has 0 bridgehead atoms. The third-order valence-corrected chi connectivity index (χ3v) is 3.27. The van der Waals surface area contributed by atoms with Gasteiger partial charge in [0.05, 0.1) is 11.9 Å². The molecule has 1 heterocycles. The van der Waals surface area contributed by atoms with Gasteiger partial charge in [0.2, 0.25) is 5.91 Å². The van der Waals surface area contributed by atoms with E-state index in [1.165, 1.54) is 12.1 Å². The number of rotatable bonds is 7. The van der Waals surface area contributed by atoms with E-state index in [4.69, 9.17) is 0 Å². The summed E-state index contributed by atoms with van der Waals surface area (Å²) >= 11 is 0. The van der Waals surface area contributed by atoms with Gasteiger partial charge in [0.25, 0.3) is 0 Å². The first kappa shape index (κ1) is 18.4. The minimum atomic E-state index is -0.245. The van der Waals surface area contributed by atoms with Gasteiger partial charge in [0, 0.05) is 19.3 Å². The van der Waals surface area contributed by atoms with E-state index < -0.39 is 0 Å². The van der Waals surface area contributed by atoms with Crippen LogP contribution in [0, 0.1) is 5.82 Å². The van der Waals surface area contributed by atoms with Gasteiger partial charge < -0.3 is 16.0 Å². The highest BCUT2D eigenvalue weighted by molar-refractivity contribution is 5.93. The van der Waals surface area contributed by atoms with Crippen molar-refractivity contribution in [3.8, 4) is 0 Å². The number of carbonyl (C=O) groups is 1. The number of amides is 1. The molecule has 3 N–H and O–H groups in total. The van der Waals surface area contributed by atoms with E-state index in [0.717, 1.165) is 5.56 Å². The highest BCUT2D eigenvalue weighted by Gasteiger charge is 2.03. The van der Waals surface area contributed by atoms with Gasteiger partial charge >= 0.3 is 0 Å². The number of benzene rings is 1. The second kappa shape index (κ2) is 10.0. The van der Waals surface area contributed by atoms with Crippen molar-refractivity contribution in [2.75, 3.05) is 25.0 Å². The Labute approximate surface area is 146 Å². The number of nitrogens with one attached hydrogen (secondary N) is 3. The summed E-state index contributed by atoms with van der Waals surface area (Å²) in [6.45, 7) is 3.19. The van der Waals surface area contributed by atoms with E-state index in [0.29, 0.717) is 31.2 Å². The Morgan fingerprint density at radius 1 is 1.24 bits per heavy atom. The minimum Gasteiger partial charge on any atom is -0.357 e. The normalized spacial score (nSPS) is 11.0. The lowest BCUT2D eigenvalue weighted by Crippen LogP contribution is -2.39. The molecule has 0 aliphatic heterocycles. The molecule has 2 rings (SSSR count). The molecule has 1 aromatic carbocycles. The van der Waals surface area contributed by atoms with Gasteiger partial charge in [-0.1, -0.05) is 12.1 Å². The van der Waals surface area contributed by atoms with Crippen LogP contribution in [0.4, 0.5) is 10.1 Å². The first-order chi connectivity index (χ1) is 12.2. The molecule has 0 saturated carbocycles. The zero-order chi connectivity index (χ0) is 17.9. The van der Waals surface area contributed by atoms with Crippen molar-refractivity contribution in [2.24, 2.45) is 4.99 Å². The van der Waals surface area contributed by atoms with Crippen molar-refractivity contribution in [2.45, 2.75) is 13.3 Å². The van der Waals surface area contributed by atoms with E-state index in [2.05, 4.69) is 25.9 Å². The van der Waals surface area contributed by atoms with Crippen molar-refractivity contribution in [1.82, 2.24) is 15.6 Å². The number of halogens is 1. The van der Waals surface area contributed by atoms with Gasteiger partial charge in [0.15, 0.2) is 5.96 Å². The predicted molar refractivity (Wildman–Crippen MR) is 97.0 cm³/mol. The van der Waals surface area contributed by atoms with Crippen LogP contribution in [0.15, 0.2) is 53.8 Å². The number of pyridine rings is 1. The van der Waals surface area contributed by atoms with Gasteiger partial charge in [-0.3, -0.25) is 9.78 Å². The molecule has 25 heavy (non-hydrogen) atoms. The number of anilines is 1. The van der Waals surface area contributed by atoms with Crippen LogP contribution < -0.4 is 16.0 Å². The summed E-state index contributed by atoms with van der Waals surface area (Å²) in [5.74, 6) is 0.0701. The van der Waals surface area contributed by atoms with E-state index in [-0.39, 0.29) is 18.3 Å². The van der Waals surface area contributed by atoms with Crippen LogP contribution >= 0.6 is 0 Å². The van der Waals surface area contributed by atoms with Gasteiger partial charge in [-0.25, -0.2) is 9.38 Å². The van der Waals surface area contributed by atoms with Crippen LogP contribution in [0.2, 0.25) is 0 Å². The van der Waals surface area contributed by atoms with Crippen molar-refractivity contribution in [3.63, 3.8) is 0 Å². The minimum absolute atomic E-state index is 0.00973. The maximum atomic E-state index is 13.2. The molecular weight excluding hydrogens is 321 g/mol. The summed E-state index contributed by atoms with van der Waals surface area (Å²) in [6, 6.07) is 9.99. The molecule has 0 radical (unpaired) electrons. The lowest BCUT2D eigenvalue weighted by atomic mass is 10.1. The quantitative estimate of drug-likeness (QED) is 0.530. The summed E-state index contributed by atoms with van der Waals surface area (Å²) in [5.41, 5.74) is 1.53. The number of nitrogens with zero attached hydrogens (tertiary/aromatic N) is 2.